The van der Waals surface area contributed by atoms with Crippen LogP contribution < -0.4 is 10.5 Å². The van der Waals surface area contributed by atoms with Crippen molar-refractivity contribution in [3.63, 3.8) is 0 Å². The van der Waals surface area contributed by atoms with Crippen molar-refractivity contribution in [3.05, 3.63) is 29.8 Å². The van der Waals surface area contributed by atoms with E-state index >= 15 is 0 Å². The van der Waals surface area contributed by atoms with Gasteiger partial charge in [0, 0.05) is 13.1 Å². The molecule has 1 saturated carbocycles. The first-order chi connectivity index (χ1) is 10.7. The van der Waals surface area contributed by atoms with E-state index in [4.69, 9.17) is 10.5 Å². The molecule has 1 fully saturated rings. The third-order valence-corrected chi connectivity index (χ3v) is 4.26. The number of hydrogen-bond donors (Lipinski definition) is 1. The zero-order valence-electron chi connectivity index (χ0n) is 14.3. The maximum Gasteiger partial charge on any atom is 0.191 e. The molecule has 4 nitrogen and oxygen atoms in total. The van der Waals surface area contributed by atoms with Gasteiger partial charge in [0.1, 0.15) is 5.75 Å². The third kappa shape index (κ3) is 6.57. The van der Waals surface area contributed by atoms with E-state index in [9.17, 15) is 0 Å². The molecule has 23 heavy (non-hydrogen) atoms. The van der Waals surface area contributed by atoms with E-state index in [1.807, 2.05) is 12.1 Å². The minimum Gasteiger partial charge on any atom is -0.490 e. The summed E-state index contributed by atoms with van der Waals surface area (Å²) in [7, 11) is 0. The number of halogens is 1. The highest BCUT2D eigenvalue weighted by atomic mass is 127. The molecule has 2 rings (SSSR count). The summed E-state index contributed by atoms with van der Waals surface area (Å²) < 4.78 is 6.10. The SMILES string of the molecule is CCN(CC)C(N)=NCc1cccc(OC2CCCCC2)c1.I. The van der Waals surface area contributed by atoms with Crippen LogP contribution >= 0.6 is 24.0 Å². The van der Waals surface area contributed by atoms with Gasteiger partial charge >= 0.3 is 0 Å². The Balaban J connectivity index is 0.00000264. The van der Waals surface area contributed by atoms with Crippen molar-refractivity contribution in [2.75, 3.05) is 13.1 Å². The van der Waals surface area contributed by atoms with E-state index in [1.54, 1.807) is 0 Å². The molecule has 0 amide bonds. The molecule has 0 bridgehead atoms. The van der Waals surface area contributed by atoms with Crippen molar-refractivity contribution in [1.82, 2.24) is 4.90 Å². The second-order valence-electron chi connectivity index (χ2n) is 5.87. The lowest BCUT2D eigenvalue weighted by atomic mass is 9.98. The summed E-state index contributed by atoms with van der Waals surface area (Å²) in [5.74, 6) is 1.57. The monoisotopic (exact) mass is 431 g/mol. The van der Waals surface area contributed by atoms with Crippen LogP contribution in [0, 0.1) is 0 Å². The van der Waals surface area contributed by atoms with Crippen molar-refractivity contribution in [2.45, 2.75) is 58.6 Å². The first-order valence-corrected chi connectivity index (χ1v) is 8.53. The number of nitrogens with two attached hydrogens (primary N) is 1. The molecule has 0 heterocycles. The summed E-state index contributed by atoms with van der Waals surface area (Å²) in [6.07, 6.45) is 6.66. The molecular formula is C18H30IN3O. The van der Waals surface area contributed by atoms with Crippen LogP contribution in [0.4, 0.5) is 0 Å². The molecule has 0 atom stereocenters. The summed E-state index contributed by atoms with van der Waals surface area (Å²) in [5.41, 5.74) is 7.16. The Morgan fingerprint density at radius 3 is 2.57 bits per heavy atom. The molecule has 130 valence electrons. The Morgan fingerprint density at radius 2 is 1.91 bits per heavy atom. The largest absolute Gasteiger partial charge is 0.490 e. The minimum atomic E-state index is 0. The summed E-state index contributed by atoms with van der Waals surface area (Å²) in [4.78, 5) is 6.55. The van der Waals surface area contributed by atoms with Gasteiger partial charge in [-0.25, -0.2) is 4.99 Å². The lowest BCUT2D eigenvalue weighted by molar-refractivity contribution is 0.155. The van der Waals surface area contributed by atoms with Crippen LogP contribution in [0.1, 0.15) is 51.5 Å². The number of benzene rings is 1. The van der Waals surface area contributed by atoms with E-state index in [1.165, 1.54) is 32.1 Å². The molecule has 0 saturated heterocycles. The van der Waals surface area contributed by atoms with Crippen molar-refractivity contribution in [3.8, 4) is 5.75 Å². The number of aliphatic imine (C=N–C) groups is 1. The van der Waals surface area contributed by atoms with Gasteiger partial charge in [-0.3, -0.25) is 0 Å². The number of ether oxygens (including phenoxy) is 1. The topological polar surface area (TPSA) is 50.8 Å². The van der Waals surface area contributed by atoms with Crippen LogP contribution in [0.3, 0.4) is 0 Å². The summed E-state index contributed by atoms with van der Waals surface area (Å²) in [6.45, 7) is 6.55. The van der Waals surface area contributed by atoms with Gasteiger partial charge in [-0.15, -0.1) is 24.0 Å². The summed E-state index contributed by atoms with van der Waals surface area (Å²) in [6, 6.07) is 8.24. The lowest BCUT2D eigenvalue weighted by Gasteiger charge is -2.23. The Kier molecular flexibility index (Phi) is 9.36. The highest BCUT2D eigenvalue weighted by Gasteiger charge is 2.14. The second-order valence-corrected chi connectivity index (χ2v) is 5.87. The van der Waals surface area contributed by atoms with Crippen LogP contribution in [0.15, 0.2) is 29.3 Å². The Morgan fingerprint density at radius 1 is 1.22 bits per heavy atom. The quantitative estimate of drug-likeness (QED) is 0.418. The maximum atomic E-state index is 6.10. The van der Waals surface area contributed by atoms with Crippen molar-refractivity contribution in [2.24, 2.45) is 10.7 Å². The fourth-order valence-corrected chi connectivity index (χ4v) is 2.91. The Hall–Kier alpha value is -0.980. The van der Waals surface area contributed by atoms with Crippen molar-refractivity contribution < 1.29 is 4.74 Å². The van der Waals surface area contributed by atoms with Gasteiger partial charge in [-0.2, -0.15) is 0 Å². The van der Waals surface area contributed by atoms with Gasteiger partial charge in [0.05, 0.1) is 12.6 Å². The maximum absolute atomic E-state index is 6.10. The number of nitrogens with zero attached hydrogens (tertiary/aromatic N) is 2. The van der Waals surface area contributed by atoms with Gasteiger partial charge in [0.15, 0.2) is 5.96 Å². The van der Waals surface area contributed by atoms with E-state index in [-0.39, 0.29) is 24.0 Å². The molecular weight excluding hydrogens is 401 g/mol. The van der Waals surface area contributed by atoms with E-state index < -0.39 is 0 Å². The first kappa shape index (κ1) is 20.1. The average Bonchev–Trinajstić information content (AvgIpc) is 2.55. The Bertz CT molecular complexity index is 483. The molecule has 0 radical (unpaired) electrons. The van der Waals surface area contributed by atoms with E-state index in [2.05, 4.69) is 35.9 Å². The molecule has 1 aliphatic rings. The molecule has 2 N–H and O–H groups in total. The smallest absolute Gasteiger partial charge is 0.191 e. The first-order valence-electron chi connectivity index (χ1n) is 8.53. The summed E-state index contributed by atoms with van der Waals surface area (Å²) >= 11 is 0. The fraction of sp³-hybridized carbons (Fsp3) is 0.611. The molecule has 1 aromatic carbocycles. The zero-order valence-corrected chi connectivity index (χ0v) is 16.7. The normalized spacial score (nSPS) is 15.8. The van der Waals surface area contributed by atoms with Gasteiger partial charge < -0.3 is 15.4 Å². The van der Waals surface area contributed by atoms with Crippen molar-refractivity contribution in [1.29, 1.82) is 0 Å². The highest BCUT2D eigenvalue weighted by molar-refractivity contribution is 14.0. The molecule has 5 heteroatoms. The second kappa shape index (κ2) is 10.7. The number of hydrogen-bond acceptors (Lipinski definition) is 2. The molecule has 1 aliphatic carbocycles. The lowest BCUT2D eigenvalue weighted by Crippen LogP contribution is -2.37. The summed E-state index contributed by atoms with van der Waals surface area (Å²) in [5, 5.41) is 0. The van der Waals surface area contributed by atoms with Crippen LogP contribution in [-0.4, -0.2) is 30.1 Å². The fourth-order valence-electron chi connectivity index (χ4n) is 2.91. The molecule has 1 aromatic rings. The van der Waals surface area contributed by atoms with Gasteiger partial charge in [0.25, 0.3) is 0 Å². The van der Waals surface area contributed by atoms with Gasteiger partial charge in [-0.05, 0) is 57.2 Å². The van der Waals surface area contributed by atoms with Crippen LogP contribution in [0.5, 0.6) is 5.75 Å². The molecule has 0 unspecified atom stereocenters. The standard InChI is InChI=1S/C18H29N3O.HI/c1-3-21(4-2)18(19)20-14-15-9-8-12-17(13-15)22-16-10-6-5-7-11-16;/h8-9,12-13,16H,3-7,10-11,14H2,1-2H3,(H2,19,20);1H. The van der Waals surface area contributed by atoms with Crippen LogP contribution in [-0.2, 0) is 6.54 Å². The highest BCUT2D eigenvalue weighted by Crippen LogP contribution is 2.24. The predicted octanol–water partition coefficient (Wildman–Crippen LogP) is 4.17. The molecule has 0 aromatic heterocycles. The zero-order chi connectivity index (χ0) is 15.8. The van der Waals surface area contributed by atoms with Gasteiger partial charge in [0.2, 0.25) is 0 Å². The van der Waals surface area contributed by atoms with Crippen molar-refractivity contribution >= 4 is 29.9 Å². The van der Waals surface area contributed by atoms with Crippen LogP contribution in [0.25, 0.3) is 0 Å². The predicted molar refractivity (Wildman–Crippen MR) is 108 cm³/mol. The van der Waals surface area contributed by atoms with Crippen LogP contribution in [0.2, 0.25) is 0 Å². The average molecular weight is 431 g/mol. The third-order valence-electron chi connectivity index (χ3n) is 4.26. The molecule has 0 spiro atoms. The van der Waals surface area contributed by atoms with Gasteiger partial charge in [-0.1, -0.05) is 18.6 Å². The van der Waals surface area contributed by atoms with E-state index in [0.29, 0.717) is 18.6 Å². The minimum absolute atomic E-state index is 0. The van der Waals surface area contributed by atoms with E-state index in [0.717, 1.165) is 24.4 Å². The molecule has 0 aliphatic heterocycles. The Labute approximate surface area is 157 Å². The number of guanidine groups is 1. The number of rotatable bonds is 6.